The molecular formula is C14H17N5O. The number of hydrogen-bond acceptors (Lipinski definition) is 4. The van der Waals surface area contributed by atoms with E-state index in [1.807, 2.05) is 16.9 Å². The Bertz CT molecular complexity index is 574. The second kappa shape index (κ2) is 5.83. The number of carbonyl (C=O) groups is 1. The van der Waals surface area contributed by atoms with Gasteiger partial charge in [-0.1, -0.05) is 6.07 Å². The summed E-state index contributed by atoms with van der Waals surface area (Å²) in [7, 11) is 0. The summed E-state index contributed by atoms with van der Waals surface area (Å²) in [6.45, 7) is 1.97. The van der Waals surface area contributed by atoms with Gasteiger partial charge in [-0.05, 0) is 37.6 Å². The number of pyridine rings is 1. The molecule has 6 heteroatoms. The standard InChI is InChI=1S/C14H17N5O/c20-14(17-13-5-1-2-8-16-13)12-6-9-19(18-12)11-4-3-7-15-10-11/h1-2,5-6,8-9,11,15H,3-4,7,10H2,(H,16,17,20). The van der Waals surface area contributed by atoms with Crippen LogP contribution in [0.4, 0.5) is 5.82 Å². The average molecular weight is 271 g/mol. The molecule has 20 heavy (non-hydrogen) atoms. The van der Waals surface area contributed by atoms with Crippen LogP contribution in [0.1, 0.15) is 29.4 Å². The quantitative estimate of drug-likeness (QED) is 0.886. The molecule has 0 bridgehead atoms. The molecule has 1 saturated heterocycles. The highest BCUT2D eigenvalue weighted by molar-refractivity contribution is 6.02. The maximum absolute atomic E-state index is 12.1. The van der Waals surface area contributed by atoms with E-state index in [0.29, 0.717) is 17.6 Å². The SMILES string of the molecule is O=C(Nc1ccccn1)c1ccn(C2CCCNC2)n1. The molecule has 1 atom stereocenters. The molecule has 2 N–H and O–H groups in total. The molecule has 3 heterocycles. The summed E-state index contributed by atoms with van der Waals surface area (Å²) in [5.41, 5.74) is 0.418. The highest BCUT2D eigenvalue weighted by Gasteiger charge is 2.17. The number of hydrogen-bond donors (Lipinski definition) is 2. The summed E-state index contributed by atoms with van der Waals surface area (Å²) in [5, 5.41) is 10.4. The van der Waals surface area contributed by atoms with Gasteiger partial charge in [0.05, 0.1) is 6.04 Å². The van der Waals surface area contributed by atoms with Crippen LogP contribution in [0.2, 0.25) is 0 Å². The van der Waals surface area contributed by atoms with Crippen molar-refractivity contribution in [3.63, 3.8) is 0 Å². The van der Waals surface area contributed by atoms with Crippen molar-refractivity contribution < 1.29 is 4.79 Å². The zero-order chi connectivity index (χ0) is 13.8. The third-order valence-corrected chi connectivity index (χ3v) is 3.39. The van der Waals surface area contributed by atoms with Crippen molar-refractivity contribution in [2.75, 3.05) is 18.4 Å². The lowest BCUT2D eigenvalue weighted by molar-refractivity contribution is 0.102. The van der Waals surface area contributed by atoms with Crippen LogP contribution in [-0.2, 0) is 0 Å². The molecule has 3 rings (SSSR count). The van der Waals surface area contributed by atoms with Gasteiger partial charge >= 0.3 is 0 Å². The van der Waals surface area contributed by atoms with E-state index in [2.05, 4.69) is 20.7 Å². The molecule has 1 aliphatic heterocycles. The van der Waals surface area contributed by atoms with Gasteiger partial charge < -0.3 is 10.6 Å². The molecule has 1 unspecified atom stereocenters. The molecule has 0 aromatic carbocycles. The van der Waals surface area contributed by atoms with Crippen LogP contribution in [0.5, 0.6) is 0 Å². The fourth-order valence-corrected chi connectivity index (χ4v) is 2.34. The van der Waals surface area contributed by atoms with Crippen LogP contribution in [0, 0.1) is 0 Å². The number of amides is 1. The van der Waals surface area contributed by atoms with Gasteiger partial charge in [-0.25, -0.2) is 4.98 Å². The first-order valence-electron chi connectivity index (χ1n) is 6.81. The number of nitrogens with zero attached hydrogens (tertiary/aromatic N) is 3. The Balaban J connectivity index is 1.68. The van der Waals surface area contributed by atoms with Crippen molar-refractivity contribution >= 4 is 11.7 Å². The van der Waals surface area contributed by atoms with E-state index in [0.717, 1.165) is 25.9 Å². The van der Waals surface area contributed by atoms with Crippen LogP contribution >= 0.6 is 0 Å². The summed E-state index contributed by atoms with van der Waals surface area (Å²) in [6.07, 6.45) is 5.74. The normalized spacial score (nSPS) is 18.7. The van der Waals surface area contributed by atoms with Crippen LogP contribution in [-0.4, -0.2) is 33.8 Å². The van der Waals surface area contributed by atoms with Crippen molar-refractivity contribution in [3.05, 3.63) is 42.4 Å². The Hall–Kier alpha value is -2.21. The summed E-state index contributed by atoms with van der Waals surface area (Å²) < 4.78 is 1.87. The van der Waals surface area contributed by atoms with Crippen molar-refractivity contribution in [1.82, 2.24) is 20.1 Å². The van der Waals surface area contributed by atoms with Crippen molar-refractivity contribution in [3.8, 4) is 0 Å². The molecule has 2 aromatic rings. The molecule has 1 amide bonds. The summed E-state index contributed by atoms with van der Waals surface area (Å²) >= 11 is 0. The predicted molar refractivity (Wildman–Crippen MR) is 75.6 cm³/mol. The largest absolute Gasteiger partial charge is 0.315 e. The third kappa shape index (κ3) is 2.85. The fraction of sp³-hybridized carbons (Fsp3) is 0.357. The fourth-order valence-electron chi connectivity index (χ4n) is 2.34. The van der Waals surface area contributed by atoms with Gasteiger partial charge in [0.2, 0.25) is 0 Å². The first-order chi connectivity index (χ1) is 9.83. The zero-order valence-electron chi connectivity index (χ0n) is 11.1. The van der Waals surface area contributed by atoms with Gasteiger partial charge in [0.25, 0.3) is 5.91 Å². The molecule has 1 fully saturated rings. The van der Waals surface area contributed by atoms with Crippen LogP contribution in [0.3, 0.4) is 0 Å². The second-order valence-electron chi connectivity index (χ2n) is 4.85. The Labute approximate surface area is 117 Å². The van der Waals surface area contributed by atoms with Gasteiger partial charge in [-0.3, -0.25) is 9.48 Å². The summed E-state index contributed by atoms with van der Waals surface area (Å²) in [6, 6.07) is 7.46. The maximum atomic E-state index is 12.1. The topological polar surface area (TPSA) is 71.8 Å². The monoisotopic (exact) mass is 271 g/mol. The predicted octanol–water partition coefficient (Wildman–Crippen LogP) is 1.45. The summed E-state index contributed by atoms with van der Waals surface area (Å²) in [5.74, 6) is 0.303. The highest BCUT2D eigenvalue weighted by Crippen LogP contribution is 2.16. The molecule has 1 aliphatic rings. The first-order valence-corrected chi connectivity index (χ1v) is 6.81. The number of aromatic nitrogens is 3. The Morgan fingerprint density at radius 2 is 2.35 bits per heavy atom. The second-order valence-corrected chi connectivity index (χ2v) is 4.85. The van der Waals surface area contributed by atoms with Crippen molar-refractivity contribution in [1.29, 1.82) is 0 Å². The highest BCUT2D eigenvalue weighted by atomic mass is 16.2. The average Bonchev–Trinajstić information content (AvgIpc) is 2.99. The van der Waals surface area contributed by atoms with E-state index in [4.69, 9.17) is 0 Å². The third-order valence-electron chi connectivity index (χ3n) is 3.39. The van der Waals surface area contributed by atoms with Gasteiger partial charge in [-0.2, -0.15) is 5.10 Å². The first kappa shape index (κ1) is 12.8. The van der Waals surface area contributed by atoms with Crippen LogP contribution < -0.4 is 10.6 Å². The molecule has 6 nitrogen and oxygen atoms in total. The lowest BCUT2D eigenvalue weighted by atomic mass is 10.1. The van der Waals surface area contributed by atoms with Gasteiger partial charge in [0.1, 0.15) is 5.82 Å². The van der Waals surface area contributed by atoms with Crippen LogP contribution in [0.15, 0.2) is 36.7 Å². The van der Waals surface area contributed by atoms with Gasteiger partial charge in [-0.15, -0.1) is 0 Å². The Morgan fingerprint density at radius 3 is 3.10 bits per heavy atom. The molecule has 0 spiro atoms. The van der Waals surface area contributed by atoms with E-state index in [1.54, 1.807) is 24.4 Å². The summed E-state index contributed by atoms with van der Waals surface area (Å²) in [4.78, 5) is 16.1. The van der Waals surface area contributed by atoms with E-state index in [-0.39, 0.29) is 5.91 Å². The molecular weight excluding hydrogens is 254 g/mol. The Kier molecular flexibility index (Phi) is 3.73. The van der Waals surface area contributed by atoms with E-state index < -0.39 is 0 Å². The molecule has 0 radical (unpaired) electrons. The minimum Gasteiger partial charge on any atom is -0.315 e. The number of nitrogens with one attached hydrogen (secondary N) is 2. The van der Waals surface area contributed by atoms with E-state index in [1.165, 1.54) is 0 Å². The lowest BCUT2D eigenvalue weighted by Crippen LogP contribution is -2.32. The number of anilines is 1. The number of piperidine rings is 1. The maximum Gasteiger partial charge on any atom is 0.277 e. The minimum atomic E-state index is -0.230. The Morgan fingerprint density at radius 1 is 1.40 bits per heavy atom. The zero-order valence-corrected chi connectivity index (χ0v) is 11.1. The van der Waals surface area contributed by atoms with Gasteiger partial charge in [0, 0.05) is 18.9 Å². The lowest BCUT2D eigenvalue weighted by Gasteiger charge is -2.22. The molecule has 0 aliphatic carbocycles. The number of carbonyl (C=O) groups excluding carboxylic acids is 1. The van der Waals surface area contributed by atoms with Crippen LogP contribution in [0.25, 0.3) is 0 Å². The number of rotatable bonds is 3. The molecule has 104 valence electrons. The van der Waals surface area contributed by atoms with E-state index >= 15 is 0 Å². The minimum absolute atomic E-state index is 0.230. The van der Waals surface area contributed by atoms with Crippen molar-refractivity contribution in [2.24, 2.45) is 0 Å². The smallest absolute Gasteiger partial charge is 0.277 e. The van der Waals surface area contributed by atoms with Crippen molar-refractivity contribution in [2.45, 2.75) is 18.9 Å². The molecule has 2 aromatic heterocycles. The van der Waals surface area contributed by atoms with Gasteiger partial charge in [0.15, 0.2) is 5.69 Å². The molecule has 0 saturated carbocycles. The van der Waals surface area contributed by atoms with E-state index in [9.17, 15) is 4.79 Å².